The molecular weight excluding hydrogens is 214 g/mol. The van der Waals surface area contributed by atoms with Crippen LogP contribution >= 0.6 is 0 Å². The lowest BCUT2D eigenvalue weighted by Gasteiger charge is -2.31. The fourth-order valence-electron chi connectivity index (χ4n) is 2.74. The highest BCUT2D eigenvalue weighted by molar-refractivity contribution is 5.76. The zero-order valence-corrected chi connectivity index (χ0v) is 10.9. The van der Waals surface area contributed by atoms with E-state index in [9.17, 15) is 0 Å². The average molecular weight is 233 g/mol. The largest absolute Gasteiger partial charge is 0.383 e. The van der Waals surface area contributed by atoms with Crippen molar-refractivity contribution in [3.63, 3.8) is 0 Å². The molecule has 92 valence electrons. The number of nitrogens with zero attached hydrogens (tertiary/aromatic N) is 1. The van der Waals surface area contributed by atoms with Crippen LogP contribution in [0.25, 0.3) is 5.57 Å². The van der Waals surface area contributed by atoms with Gasteiger partial charge in [0.05, 0.1) is 24.3 Å². The Morgan fingerprint density at radius 2 is 1.82 bits per heavy atom. The third kappa shape index (κ3) is 1.70. The van der Waals surface area contributed by atoms with E-state index >= 15 is 0 Å². The molecule has 0 saturated carbocycles. The SMILES string of the molecule is COCC1(COC)C(C)=C(C)c2ncccc21. The van der Waals surface area contributed by atoms with Crippen molar-refractivity contribution in [3.8, 4) is 0 Å². The van der Waals surface area contributed by atoms with E-state index < -0.39 is 0 Å². The van der Waals surface area contributed by atoms with Crippen molar-refractivity contribution in [3.05, 3.63) is 35.2 Å². The van der Waals surface area contributed by atoms with E-state index in [0.717, 1.165) is 5.69 Å². The van der Waals surface area contributed by atoms with Crippen LogP contribution in [0, 0.1) is 0 Å². The molecule has 3 nitrogen and oxygen atoms in total. The van der Waals surface area contributed by atoms with Crippen molar-refractivity contribution < 1.29 is 9.47 Å². The number of methoxy groups -OCH3 is 2. The van der Waals surface area contributed by atoms with Crippen LogP contribution in [0.4, 0.5) is 0 Å². The Morgan fingerprint density at radius 3 is 2.41 bits per heavy atom. The monoisotopic (exact) mass is 233 g/mol. The molecule has 0 atom stereocenters. The average Bonchev–Trinajstić information content (AvgIpc) is 2.55. The summed E-state index contributed by atoms with van der Waals surface area (Å²) in [5.74, 6) is 0. The normalized spacial score (nSPS) is 17.4. The van der Waals surface area contributed by atoms with Crippen LogP contribution in [0.3, 0.4) is 0 Å². The zero-order valence-electron chi connectivity index (χ0n) is 10.9. The maximum Gasteiger partial charge on any atom is 0.0701 e. The van der Waals surface area contributed by atoms with E-state index in [4.69, 9.17) is 9.47 Å². The lowest BCUT2D eigenvalue weighted by Crippen LogP contribution is -2.36. The third-order valence-electron chi connectivity index (χ3n) is 3.74. The first-order chi connectivity index (χ1) is 8.17. The summed E-state index contributed by atoms with van der Waals surface area (Å²) in [4.78, 5) is 4.48. The molecular formula is C14H19NO2. The van der Waals surface area contributed by atoms with Crippen LogP contribution in [-0.4, -0.2) is 32.4 Å². The molecule has 0 spiro atoms. The van der Waals surface area contributed by atoms with Gasteiger partial charge >= 0.3 is 0 Å². The van der Waals surface area contributed by atoms with Gasteiger partial charge in [-0.2, -0.15) is 0 Å². The van der Waals surface area contributed by atoms with Gasteiger partial charge in [-0.25, -0.2) is 0 Å². The number of allylic oxidation sites excluding steroid dienone is 1. The van der Waals surface area contributed by atoms with Crippen molar-refractivity contribution >= 4 is 5.57 Å². The van der Waals surface area contributed by atoms with E-state index in [1.54, 1.807) is 14.2 Å². The molecule has 0 aliphatic heterocycles. The van der Waals surface area contributed by atoms with E-state index in [1.807, 2.05) is 12.3 Å². The summed E-state index contributed by atoms with van der Waals surface area (Å²) in [6.45, 7) is 5.52. The first-order valence-corrected chi connectivity index (χ1v) is 5.79. The second kappa shape index (κ2) is 4.59. The van der Waals surface area contributed by atoms with E-state index in [-0.39, 0.29) is 5.41 Å². The molecule has 0 saturated heterocycles. The van der Waals surface area contributed by atoms with E-state index in [0.29, 0.717) is 13.2 Å². The van der Waals surface area contributed by atoms with Gasteiger partial charge in [0, 0.05) is 20.4 Å². The molecule has 0 radical (unpaired) electrons. The standard InChI is InChI=1S/C14H19NO2/c1-10-11(2)14(8-16-3,9-17-4)12-6-5-7-15-13(10)12/h5-7H,8-9H2,1-4H3. The Morgan fingerprint density at radius 1 is 1.18 bits per heavy atom. The van der Waals surface area contributed by atoms with Gasteiger partial charge in [0.2, 0.25) is 0 Å². The number of fused-ring (bicyclic) bond motifs is 1. The van der Waals surface area contributed by atoms with Crippen LogP contribution in [0.15, 0.2) is 23.9 Å². The third-order valence-corrected chi connectivity index (χ3v) is 3.74. The highest BCUT2D eigenvalue weighted by atomic mass is 16.5. The molecule has 0 N–H and O–H groups in total. The van der Waals surface area contributed by atoms with Crippen molar-refractivity contribution in [1.29, 1.82) is 0 Å². The van der Waals surface area contributed by atoms with Gasteiger partial charge in [-0.1, -0.05) is 11.6 Å². The highest BCUT2D eigenvalue weighted by Crippen LogP contribution is 2.45. The first kappa shape index (κ1) is 12.3. The molecule has 1 heterocycles. The minimum Gasteiger partial charge on any atom is -0.383 e. The van der Waals surface area contributed by atoms with Crippen LogP contribution in [-0.2, 0) is 14.9 Å². The summed E-state index contributed by atoms with van der Waals surface area (Å²) in [5, 5.41) is 0. The summed E-state index contributed by atoms with van der Waals surface area (Å²) in [5.41, 5.74) is 4.68. The molecule has 2 rings (SSSR count). The molecule has 0 unspecified atom stereocenters. The summed E-state index contributed by atoms with van der Waals surface area (Å²) < 4.78 is 10.8. The van der Waals surface area contributed by atoms with Crippen LogP contribution in [0.5, 0.6) is 0 Å². The Kier molecular flexibility index (Phi) is 3.31. The number of ether oxygens (including phenoxy) is 2. The maximum absolute atomic E-state index is 5.42. The summed E-state index contributed by atoms with van der Waals surface area (Å²) in [6, 6.07) is 4.10. The van der Waals surface area contributed by atoms with E-state index in [2.05, 4.69) is 24.9 Å². The molecule has 17 heavy (non-hydrogen) atoms. The first-order valence-electron chi connectivity index (χ1n) is 5.79. The minimum atomic E-state index is -0.169. The van der Waals surface area contributed by atoms with Gasteiger partial charge in [0.15, 0.2) is 0 Å². The number of rotatable bonds is 4. The predicted octanol–water partition coefficient (Wildman–Crippen LogP) is 2.42. The van der Waals surface area contributed by atoms with Gasteiger partial charge in [-0.05, 0) is 31.1 Å². The summed E-state index contributed by atoms with van der Waals surface area (Å²) in [6.07, 6.45) is 1.84. The van der Waals surface area contributed by atoms with Crippen molar-refractivity contribution in [2.75, 3.05) is 27.4 Å². The summed E-state index contributed by atoms with van der Waals surface area (Å²) >= 11 is 0. The lowest BCUT2D eigenvalue weighted by atomic mass is 9.79. The molecule has 0 amide bonds. The number of hydrogen-bond donors (Lipinski definition) is 0. The molecule has 1 aromatic heterocycles. The molecule has 0 bridgehead atoms. The highest BCUT2D eigenvalue weighted by Gasteiger charge is 2.42. The van der Waals surface area contributed by atoms with Crippen LogP contribution < -0.4 is 0 Å². The van der Waals surface area contributed by atoms with Gasteiger partial charge < -0.3 is 9.47 Å². The Balaban J connectivity index is 2.59. The minimum absolute atomic E-state index is 0.169. The Hall–Kier alpha value is -1.19. The van der Waals surface area contributed by atoms with Crippen molar-refractivity contribution in [2.45, 2.75) is 19.3 Å². The Labute approximate surface area is 102 Å². The molecule has 3 heteroatoms. The molecule has 0 aromatic carbocycles. The lowest BCUT2D eigenvalue weighted by molar-refractivity contribution is 0.0790. The maximum atomic E-state index is 5.42. The quantitative estimate of drug-likeness (QED) is 0.800. The number of pyridine rings is 1. The predicted molar refractivity (Wildman–Crippen MR) is 67.9 cm³/mol. The molecule has 0 fully saturated rings. The second-order valence-corrected chi connectivity index (χ2v) is 4.60. The summed E-state index contributed by atoms with van der Waals surface area (Å²) in [7, 11) is 3.46. The number of aromatic nitrogens is 1. The van der Waals surface area contributed by atoms with Gasteiger partial charge in [-0.15, -0.1) is 0 Å². The molecule has 1 aliphatic carbocycles. The van der Waals surface area contributed by atoms with Gasteiger partial charge in [-0.3, -0.25) is 4.98 Å². The zero-order chi connectivity index (χ0) is 12.5. The van der Waals surface area contributed by atoms with Gasteiger partial charge in [0.25, 0.3) is 0 Å². The smallest absolute Gasteiger partial charge is 0.0701 e. The second-order valence-electron chi connectivity index (χ2n) is 4.60. The molecule has 1 aromatic rings. The van der Waals surface area contributed by atoms with Gasteiger partial charge in [0.1, 0.15) is 0 Å². The van der Waals surface area contributed by atoms with Crippen LogP contribution in [0.1, 0.15) is 25.1 Å². The van der Waals surface area contributed by atoms with Crippen molar-refractivity contribution in [1.82, 2.24) is 4.98 Å². The Bertz CT molecular complexity index is 445. The topological polar surface area (TPSA) is 31.4 Å². The van der Waals surface area contributed by atoms with Crippen molar-refractivity contribution in [2.24, 2.45) is 0 Å². The number of hydrogen-bond acceptors (Lipinski definition) is 3. The fraction of sp³-hybridized carbons (Fsp3) is 0.500. The van der Waals surface area contributed by atoms with Crippen LogP contribution in [0.2, 0.25) is 0 Å². The fourth-order valence-corrected chi connectivity index (χ4v) is 2.74. The molecule has 1 aliphatic rings. The van der Waals surface area contributed by atoms with E-state index in [1.165, 1.54) is 16.7 Å².